The molecule has 0 aliphatic carbocycles. The van der Waals surface area contributed by atoms with E-state index in [0.717, 1.165) is 12.1 Å². The van der Waals surface area contributed by atoms with Crippen LogP contribution in [0, 0.1) is 28.9 Å². The Kier molecular flexibility index (Phi) is 5.38. The molecule has 3 rings (SSSR count). The number of rotatable bonds is 4. The maximum Gasteiger partial charge on any atom is 0.226 e. The van der Waals surface area contributed by atoms with Gasteiger partial charge in [-0.05, 0) is 35.4 Å². The SMILES string of the molecule is N#Cc1cc(C(NC(=O)[C@@H]2CNC(=O)C2)c2ccc(F)c(Cl)c2)ccc1F. The van der Waals surface area contributed by atoms with Crippen molar-refractivity contribution in [1.29, 1.82) is 5.26 Å². The fraction of sp³-hybridized carbons (Fsp3) is 0.211. The standard InChI is InChI=1S/C19H14ClF2N3O2/c20-14-6-11(2-4-16(14)22)18(10-1-3-15(21)12(5-10)8-23)25-19(27)13-7-17(26)24-9-13/h1-6,13,18H,7,9H2,(H,24,26)(H,25,27)/t13-,18?/m0/s1. The second-order valence-electron chi connectivity index (χ2n) is 6.17. The average molecular weight is 390 g/mol. The smallest absolute Gasteiger partial charge is 0.226 e. The van der Waals surface area contributed by atoms with Gasteiger partial charge in [0.05, 0.1) is 22.5 Å². The van der Waals surface area contributed by atoms with E-state index in [9.17, 15) is 18.4 Å². The molecule has 1 aliphatic heterocycles. The summed E-state index contributed by atoms with van der Waals surface area (Å²) in [5.74, 6) is -2.46. The highest BCUT2D eigenvalue weighted by atomic mass is 35.5. The molecule has 1 saturated heterocycles. The topological polar surface area (TPSA) is 82.0 Å². The number of carbonyl (C=O) groups is 2. The van der Waals surface area contributed by atoms with E-state index in [0.29, 0.717) is 11.1 Å². The molecule has 2 N–H and O–H groups in total. The largest absolute Gasteiger partial charge is 0.355 e. The van der Waals surface area contributed by atoms with Gasteiger partial charge in [-0.25, -0.2) is 8.78 Å². The quantitative estimate of drug-likeness (QED) is 0.843. The van der Waals surface area contributed by atoms with Crippen LogP contribution in [0.4, 0.5) is 8.78 Å². The highest BCUT2D eigenvalue weighted by Crippen LogP contribution is 2.28. The predicted molar refractivity (Wildman–Crippen MR) is 93.6 cm³/mol. The molecule has 2 aromatic carbocycles. The van der Waals surface area contributed by atoms with Gasteiger partial charge in [0.15, 0.2) is 0 Å². The summed E-state index contributed by atoms with van der Waals surface area (Å²) in [7, 11) is 0. The van der Waals surface area contributed by atoms with Crippen molar-refractivity contribution in [2.45, 2.75) is 12.5 Å². The molecule has 27 heavy (non-hydrogen) atoms. The average Bonchev–Trinajstić information content (AvgIpc) is 3.09. The number of carbonyl (C=O) groups excluding carboxylic acids is 2. The van der Waals surface area contributed by atoms with E-state index in [-0.39, 0.29) is 35.4 Å². The van der Waals surface area contributed by atoms with Crippen LogP contribution in [0.2, 0.25) is 5.02 Å². The molecule has 5 nitrogen and oxygen atoms in total. The minimum atomic E-state index is -0.793. The van der Waals surface area contributed by atoms with Crippen LogP contribution in [0.1, 0.15) is 29.2 Å². The lowest BCUT2D eigenvalue weighted by Gasteiger charge is -2.22. The van der Waals surface area contributed by atoms with Crippen LogP contribution in [0.25, 0.3) is 0 Å². The molecular formula is C19H14ClF2N3O2. The lowest BCUT2D eigenvalue weighted by Crippen LogP contribution is -2.35. The summed E-state index contributed by atoms with van der Waals surface area (Å²) in [4.78, 5) is 23.9. The van der Waals surface area contributed by atoms with Crippen molar-refractivity contribution in [3.63, 3.8) is 0 Å². The predicted octanol–water partition coefficient (Wildman–Crippen LogP) is 2.83. The van der Waals surface area contributed by atoms with Gasteiger partial charge in [-0.3, -0.25) is 9.59 Å². The Morgan fingerprint density at radius 2 is 1.89 bits per heavy atom. The number of nitrogens with one attached hydrogen (secondary N) is 2. The van der Waals surface area contributed by atoms with E-state index in [1.165, 1.54) is 24.3 Å². The number of nitrogens with zero attached hydrogens (tertiary/aromatic N) is 1. The monoisotopic (exact) mass is 389 g/mol. The highest BCUT2D eigenvalue weighted by Gasteiger charge is 2.30. The minimum absolute atomic E-state index is 0.0651. The molecule has 0 aromatic heterocycles. The van der Waals surface area contributed by atoms with Crippen molar-refractivity contribution >= 4 is 23.4 Å². The Morgan fingerprint density at radius 3 is 2.48 bits per heavy atom. The molecule has 1 heterocycles. The van der Waals surface area contributed by atoms with Gasteiger partial charge in [-0.15, -0.1) is 0 Å². The Labute approximate surface area is 158 Å². The maximum absolute atomic E-state index is 13.7. The van der Waals surface area contributed by atoms with Gasteiger partial charge < -0.3 is 10.6 Å². The summed E-state index contributed by atoms with van der Waals surface area (Å²) in [5, 5.41) is 14.3. The third-order valence-corrected chi connectivity index (χ3v) is 4.65. The van der Waals surface area contributed by atoms with E-state index in [1.54, 1.807) is 6.07 Å². The molecule has 0 bridgehead atoms. The van der Waals surface area contributed by atoms with Gasteiger partial charge in [0.25, 0.3) is 0 Å². The zero-order valence-electron chi connectivity index (χ0n) is 13.9. The molecule has 1 aliphatic rings. The van der Waals surface area contributed by atoms with Crippen molar-refractivity contribution in [2.75, 3.05) is 6.54 Å². The Bertz CT molecular complexity index is 958. The van der Waals surface area contributed by atoms with Gasteiger partial charge in [0, 0.05) is 13.0 Å². The zero-order valence-corrected chi connectivity index (χ0v) is 14.7. The summed E-state index contributed by atoms with van der Waals surface area (Å²) in [6.45, 7) is 0.217. The first-order valence-corrected chi connectivity index (χ1v) is 8.48. The molecule has 0 radical (unpaired) electrons. The van der Waals surface area contributed by atoms with Crippen LogP contribution in [-0.4, -0.2) is 18.4 Å². The summed E-state index contributed by atoms with van der Waals surface area (Å²) >= 11 is 5.86. The van der Waals surface area contributed by atoms with Crippen molar-refractivity contribution in [2.24, 2.45) is 5.92 Å². The molecule has 0 saturated carbocycles. The van der Waals surface area contributed by atoms with Crippen molar-refractivity contribution in [1.82, 2.24) is 10.6 Å². The van der Waals surface area contributed by atoms with Crippen molar-refractivity contribution < 1.29 is 18.4 Å². The molecule has 0 spiro atoms. The number of hydrogen-bond acceptors (Lipinski definition) is 3. The van der Waals surface area contributed by atoms with Gasteiger partial charge in [-0.1, -0.05) is 23.7 Å². The van der Waals surface area contributed by atoms with Gasteiger partial charge in [0.1, 0.15) is 17.7 Å². The lowest BCUT2D eigenvalue weighted by molar-refractivity contribution is -0.126. The van der Waals surface area contributed by atoms with E-state index in [2.05, 4.69) is 10.6 Å². The van der Waals surface area contributed by atoms with Crippen LogP contribution >= 0.6 is 11.6 Å². The van der Waals surface area contributed by atoms with E-state index in [4.69, 9.17) is 16.9 Å². The second-order valence-corrected chi connectivity index (χ2v) is 6.58. The first kappa shape index (κ1) is 18.8. The first-order chi connectivity index (χ1) is 12.9. The maximum atomic E-state index is 13.7. The Balaban J connectivity index is 1.98. The minimum Gasteiger partial charge on any atom is -0.355 e. The van der Waals surface area contributed by atoms with E-state index < -0.39 is 23.6 Å². The molecule has 2 atom stereocenters. The van der Waals surface area contributed by atoms with Gasteiger partial charge in [0.2, 0.25) is 11.8 Å². The Hall–Kier alpha value is -2.98. The molecule has 8 heteroatoms. The first-order valence-electron chi connectivity index (χ1n) is 8.10. The fourth-order valence-electron chi connectivity index (χ4n) is 2.91. The molecule has 1 unspecified atom stereocenters. The number of nitriles is 1. The third kappa shape index (κ3) is 4.07. The molecule has 1 fully saturated rings. The second kappa shape index (κ2) is 7.72. The van der Waals surface area contributed by atoms with Crippen LogP contribution in [-0.2, 0) is 9.59 Å². The number of halogens is 3. The molecular weight excluding hydrogens is 376 g/mol. The van der Waals surface area contributed by atoms with Gasteiger partial charge in [-0.2, -0.15) is 5.26 Å². The number of amides is 2. The van der Waals surface area contributed by atoms with E-state index >= 15 is 0 Å². The van der Waals surface area contributed by atoms with Crippen molar-refractivity contribution in [3.05, 3.63) is 69.7 Å². The number of hydrogen-bond donors (Lipinski definition) is 2. The summed E-state index contributed by atoms with van der Waals surface area (Å²) in [6, 6.07) is 8.78. The van der Waals surface area contributed by atoms with Crippen LogP contribution < -0.4 is 10.6 Å². The van der Waals surface area contributed by atoms with Crippen LogP contribution in [0.15, 0.2) is 36.4 Å². The van der Waals surface area contributed by atoms with Gasteiger partial charge >= 0.3 is 0 Å². The molecule has 2 aromatic rings. The normalized spacial score (nSPS) is 17.1. The van der Waals surface area contributed by atoms with Crippen LogP contribution in [0.3, 0.4) is 0 Å². The summed E-state index contributed by atoms with van der Waals surface area (Å²) in [6.07, 6.45) is 0.0651. The zero-order chi connectivity index (χ0) is 19.6. The summed E-state index contributed by atoms with van der Waals surface area (Å²) < 4.78 is 27.2. The molecule has 2 amide bonds. The number of benzene rings is 2. The van der Waals surface area contributed by atoms with Crippen LogP contribution in [0.5, 0.6) is 0 Å². The van der Waals surface area contributed by atoms with Crippen molar-refractivity contribution in [3.8, 4) is 6.07 Å². The fourth-order valence-corrected chi connectivity index (χ4v) is 3.10. The molecule has 138 valence electrons. The van der Waals surface area contributed by atoms with E-state index in [1.807, 2.05) is 0 Å². The lowest BCUT2D eigenvalue weighted by atomic mass is 9.96. The summed E-state index contributed by atoms with van der Waals surface area (Å²) in [5.41, 5.74) is 0.710. The third-order valence-electron chi connectivity index (χ3n) is 4.36. The highest BCUT2D eigenvalue weighted by molar-refractivity contribution is 6.30. The Morgan fingerprint density at radius 1 is 1.22 bits per heavy atom.